The van der Waals surface area contributed by atoms with Crippen LogP contribution in [0, 0.1) is 3.57 Å². The van der Waals surface area contributed by atoms with E-state index in [2.05, 4.69) is 34.8 Å². The zero-order chi connectivity index (χ0) is 15.1. The summed E-state index contributed by atoms with van der Waals surface area (Å²) in [6.07, 6.45) is 0.994. The van der Waals surface area contributed by atoms with E-state index in [0.29, 0.717) is 12.1 Å². The van der Waals surface area contributed by atoms with Gasteiger partial charge in [-0.15, -0.1) is 0 Å². The van der Waals surface area contributed by atoms with Gasteiger partial charge in [-0.05, 0) is 58.8 Å². The smallest absolute Gasteiger partial charge is 0.252 e. The molecule has 0 unspecified atom stereocenters. The molecule has 0 aliphatic carbocycles. The van der Waals surface area contributed by atoms with E-state index in [1.54, 1.807) is 0 Å². The minimum absolute atomic E-state index is 0.0497. The summed E-state index contributed by atoms with van der Waals surface area (Å²) < 4.78 is 6.49. The van der Waals surface area contributed by atoms with Crippen molar-refractivity contribution in [2.24, 2.45) is 0 Å². The molecule has 0 saturated carbocycles. The van der Waals surface area contributed by atoms with Gasteiger partial charge in [0.2, 0.25) is 0 Å². The topological polar surface area (TPSA) is 38.3 Å². The Kier molecular flexibility index (Phi) is 6.04. The third kappa shape index (κ3) is 4.74. The van der Waals surface area contributed by atoms with Crippen LogP contribution in [0.15, 0.2) is 48.5 Å². The summed E-state index contributed by atoms with van der Waals surface area (Å²) in [4.78, 5) is 12.1. The summed E-state index contributed by atoms with van der Waals surface area (Å²) in [5.74, 6) is 0.816. The summed E-state index contributed by atoms with van der Waals surface area (Å²) in [6.45, 7) is 3.31. The van der Waals surface area contributed by atoms with Crippen molar-refractivity contribution in [1.29, 1.82) is 0 Å². The van der Waals surface area contributed by atoms with E-state index in [0.717, 1.165) is 27.9 Å². The number of benzene rings is 2. The molecule has 2 aromatic carbocycles. The lowest BCUT2D eigenvalue weighted by atomic mass is 10.2. The number of carbonyl (C=O) groups is 1. The monoisotopic (exact) mass is 395 g/mol. The summed E-state index contributed by atoms with van der Waals surface area (Å²) in [5, 5.41) is 2.93. The molecule has 0 aromatic heterocycles. The molecular formula is C17H18INO2. The fourth-order valence-electron chi connectivity index (χ4n) is 1.85. The molecule has 21 heavy (non-hydrogen) atoms. The molecule has 2 aromatic rings. The second-order valence-electron chi connectivity index (χ2n) is 4.65. The lowest BCUT2D eigenvalue weighted by Crippen LogP contribution is -2.23. The summed E-state index contributed by atoms with van der Waals surface area (Å²) >= 11 is 2.17. The Morgan fingerprint density at radius 3 is 2.52 bits per heavy atom. The standard InChI is InChI=1S/C17H18INO2/c1-2-11-21-14-9-7-13(8-10-14)12-19-17(20)15-5-3-4-6-16(15)18/h3-10H,2,11-12H2,1H3,(H,19,20). The van der Waals surface area contributed by atoms with Crippen LogP contribution < -0.4 is 10.1 Å². The van der Waals surface area contributed by atoms with Crippen LogP contribution in [0.4, 0.5) is 0 Å². The Bertz CT molecular complexity index is 596. The molecule has 0 aliphatic heterocycles. The normalized spacial score (nSPS) is 10.2. The van der Waals surface area contributed by atoms with Gasteiger partial charge in [-0.2, -0.15) is 0 Å². The zero-order valence-electron chi connectivity index (χ0n) is 11.9. The van der Waals surface area contributed by atoms with Gasteiger partial charge >= 0.3 is 0 Å². The average molecular weight is 395 g/mol. The number of halogens is 1. The van der Waals surface area contributed by atoms with E-state index in [4.69, 9.17) is 4.74 Å². The van der Waals surface area contributed by atoms with E-state index in [1.165, 1.54) is 0 Å². The molecule has 110 valence electrons. The quantitative estimate of drug-likeness (QED) is 0.751. The summed E-state index contributed by atoms with van der Waals surface area (Å²) in [6, 6.07) is 15.4. The first-order valence-electron chi connectivity index (χ1n) is 6.95. The highest BCUT2D eigenvalue weighted by atomic mass is 127. The number of hydrogen-bond donors (Lipinski definition) is 1. The van der Waals surface area contributed by atoms with Gasteiger partial charge in [0.1, 0.15) is 5.75 Å². The highest BCUT2D eigenvalue weighted by molar-refractivity contribution is 14.1. The zero-order valence-corrected chi connectivity index (χ0v) is 14.1. The second-order valence-corrected chi connectivity index (χ2v) is 5.82. The van der Waals surface area contributed by atoms with Gasteiger partial charge in [0.25, 0.3) is 5.91 Å². The molecule has 0 atom stereocenters. The maximum Gasteiger partial charge on any atom is 0.252 e. The fourth-order valence-corrected chi connectivity index (χ4v) is 2.48. The lowest BCUT2D eigenvalue weighted by molar-refractivity contribution is 0.0950. The first-order valence-corrected chi connectivity index (χ1v) is 8.03. The van der Waals surface area contributed by atoms with Gasteiger partial charge < -0.3 is 10.1 Å². The SMILES string of the molecule is CCCOc1ccc(CNC(=O)c2ccccc2I)cc1. The van der Waals surface area contributed by atoms with Crippen molar-refractivity contribution in [3.63, 3.8) is 0 Å². The van der Waals surface area contributed by atoms with Crippen LogP contribution in [0.25, 0.3) is 0 Å². The van der Waals surface area contributed by atoms with E-state index < -0.39 is 0 Å². The number of ether oxygens (including phenoxy) is 1. The van der Waals surface area contributed by atoms with E-state index in [-0.39, 0.29) is 5.91 Å². The predicted molar refractivity (Wildman–Crippen MR) is 92.6 cm³/mol. The first kappa shape index (κ1) is 15.8. The lowest BCUT2D eigenvalue weighted by Gasteiger charge is -2.08. The fraction of sp³-hybridized carbons (Fsp3) is 0.235. The molecule has 0 spiro atoms. The summed E-state index contributed by atoms with van der Waals surface area (Å²) in [5.41, 5.74) is 1.76. The molecule has 4 heteroatoms. The van der Waals surface area contributed by atoms with E-state index in [9.17, 15) is 4.79 Å². The van der Waals surface area contributed by atoms with Gasteiger partial charge in [-0.25, -0.2) is 0 Å². The van der Waals surface area contributed by atoms with Crippen molar-refractivity contribution in [3.05, 3.63) is 63.2 Å². The van der Waals surface area contributed by atoms with Crippen LogP contribution in [0.1, 0.15) is 29.3 Å². The Hall–Kier alpha value is -1.56. The predicted octanol–water partition coefficient (Wildman–Crippen LogP) is 4.01. The first-order chi connectivity index (χ1) is 10.2. The van der Waals surface area contributed by atoms with Gasteiger partial charge in [0, 0.05) is 10.1 Å². The van der Waals surface area contributed by atoms with Gasteiger partial charge in [0.05, 0.1) is 12.2 Å². The maximum atomic E-state index is 12.1. The molecule has 0 bridgehead atoms. The highest BCUT2D eigenvalue weighted by Crippen LogP contribution is 2.14. The molecule has 0 fully saturated rings. The van der Waals surface area contributed by atoms with E-state index >= 15 is 0 Å². The Labute approximate surface area is 138 Å². The average Bonchev–Trinajstić information content (AvgIpc) is 2.52. The van der Waals surface area contributed by atoms with Crippen molar-refractivity contribution in [2.75, 3.05) is 6.61 Å². The van der Waals surface area contributed by atoms with Gasteiger partial charge in [-0.3, -0.25) is 4.79 Å². The van der Waals surface area contributed by atoms with Crippen LogP contribution in [0.3, 0.4) is 0 Å². The molecule has 1 amide bonds. The third-order valence-corrected chi connectivity index (χ3v) is 3.91. The molecule has 3 nitrogen and oxygen atoms in total. The van der Waals surface area contributed by atoms with Crippen LogP contribution in [0.5, 0.6) is 5.75 Å². The van der Waals surface area contributed by atoms with Gasteiger partial charge in [-0.1, -0.05) is 31.2 Å². The maximum absolute atomic E-state index is 12.1. The number of rotatable bonds is 6. The highest BCUT2D eigenvalue weighted by Gasteiger charge is 2.08. The Balaban J connectivity index is 1.91. The number of hydrogen-bond acceptors (Lipinski definition) is 2. The Morgan fingerprint density at radius 1 is 1.14 bits per heavy atom. The van der Waals surface area contributed by atoms with Crippen LogP contribution in [-0.2, 0) is 6.54 Å². The molecule has 0 aliphatic rings. The van der Waals surface area contributed by atoms with Crippen molar-refractivity contribution < 1.29 is 9.53 Å². The second kappa shape index (κ2) is 8.02. The van der Waals surface area contributed by atoms with Gasteiger partial charge in [0.15, 0.2) is 0 Å². The molecule has 0 radical (unpaired) electrons. The number of nitrogens with one attached hydrogen (secondary N) is 1. The minimum Gasteiger partial charge on any atom is -0.494 e. The number of carbonyl (C=O) groups excluding carboxylic acids is 1. The summed E-state index contributed by atoms with van der Waals surface area (Å²) in [7, 11) is 0. The van der Waals surface area contributed by atoms with E-state index in [1.807, 2.05) is 48.5 Å². The van der Waals surface area contributed by atoms with Crippen LogP contribution in [0.2, 0.25) is 0 Å². The van der Waals surface area contributed by atoms with Crippen molar-refractivity contribution in [1.82, 2.24) is 5.32 Å². The van der Waals surface area contributed by atoms with Crippen LogP contribution in [-0.4, -0.2) is 12.5 Å². The molecule has 0 heterocycles. The van der Waals surface area contributed by atoms with Crippen molar-refractivity contribution >= 4 is 28.5 Å². The molecular weight excluding hydrogens is 377 g/mol. The number of amides is 1. The third-order valence-electron chi connectivity index (χ3n) is 2.97. The molecule has 0 saturated heterocycles. The molecule has 1 N–H and O–H groups in total. The van der Waals surface area contributed by atoms with Crippen molar-refractivity contribution in [3.8, 4) is 5.75 Å². The molecule has 2 rings (SSSR count). The van der Waals surface area contributed by atoms with Crippen LogP contribution >= 0.6 is 22.6 Å². The minimum atomic E-state index is -0.0497. The largest absolute Gasteiger partial charge is 0.494 e. The Morgan fingerprint density at radius 2 is 1.86 bits per heavy atom. The van der Waals surface area contributed by atoms with Crippen molar-refractivity contribution in [2.45, 2.75) is 19.9 Å².